The molecule has 3 N–H and O–H groups in total. The average molecular weight is 431 g/mol. The van der Waals surface area contributed by atoms with E-state index in [9.17, 15) is 14.4 Å². The number of benzene rings is 2. The van der Waals surface area contributed by atoms with E-state index in [1.165, 1.54) is 13.2 Å². The molecule has 0 bridgehead atoms. The lowest BCUT2D eigenvalue weighted by atomic mass is 10.2. The Kier molecular flexibility index (Phi) is 6.87. The third-order valence-electron chi connectivity index (χ3n) is 4.10. The van der Waals surface area contributed by atoms with Crippen LogP contribution >= 0.6 is 11.6 Å². The van der Waals surface area contributed by atoms with Gasteiger partial charge in [0.25, 0.3) is 11.8 Å². The Morgan fingerprint density at radius 2 is 1.97 bits per heavy atom. The van der Waals surface area contributed by atoms with Crippen molar-refractivity contribution in [3.63, 3.8) is 0 Å². The third kappa shape index (κ3) is 5.26. The van der Waals surface area contributed by atoms with Gasteiger partial charge in [-0.2, -0.15) is 5.10 Å². The summed E-state index contributed by atoms with van der Waals surface area (Å²) in [6.45, 7) is -0.435. The molecule has 30 heavy (non-hydrogen) atoms. The number of fused-ring (bicyclic) bond motifs is 1. The van der Waals surface area contributed by atoms with Crippen LogP contribution in [0.3, 0.4) is 0 Å². The number of H-pyrrole nitrogens is 1. The zero-order valence-corrected chi connectivity index (χ0v) is 16.8. The highest BCUT2D eigenvalue weighted by atomic mass is 35.5. The Labute approximate surface area is 176 Å². The molecule has 0 fully saturated rings. The van der Waals surface area contributed by atoms with E-state index in [-0.39, 0.29) is 18.7 Å². The number of methoxy groups -OCH3 is 1. The number of hydrogen-bond donors (Lipinski definition) is 3. The zero-order chi connectivity index (χ0) is 21.5. The zero-order valence-electron chi connectivity index (χ0n) is 16.0. The van der Waals surface area contributed by atoms with Crippen LogP contribution in [0, 0.1) is 0 Å². The number of aromatic nitrogens is 2. The molecule has 0 radical (unpaired) electrons. The van der Waals surface area contributed by atoms with Gasteiger partial charge in [0.05, 0.1) is 24.7 Å². The maximum Gasteiger partial charge on any atom is 0.308 e. The Bertz CT molecular complexity index is 1080. The predicted molar refractivity (Wildman–Crippen MR) is 111 cm³/mol. The molecule has 3 rings (SSSR count). The summed E-state index contributed by atoms with van der Waals surface area (Å²) in [5, 5.41) is 13.0. The first-order chi connectivity index (χ1) is 14.5. The molecule has 0 saturated carbocycles. The molecule has 2 aromatic carbocycles. The summed E-state index contributed by atoms with van der Waals surface area (Å²) >= 11 is 5.90. The SMILES string of the molecule is COc1ccc(Cl)cc1NC(=O)COC(=O)CCNC(=O)c1n[nH]c2ccccc12. The lowest BCUT2D eigenvalue weighted by molar-refractivity contribution is -0.147. The Morgan fingerprint density at radius 3 is 2.77 bits per heavy atom. The first kappa shape index (κ1) is 21.1. The van der Waals surface area contributed by atoms with Crippen LogP contribution in [-0.4, -0.2) is 48.2 Å². The second-order valence-corrected chi connectivity index (χ2v) is 6.61. The molecule has 1 heterocycles. The summed E-state index contributed by atoms with van der Waals surface area (Å²) in [5.74, 6) is -1.16. The van der Waals surface area contributed by atoms with Crippen molar-refractivity contribution in [2.24, 2.45) is 0 Å². The van der Waals surface area contributed by atoms with Gasteiger partial charge in [0.2, 0.25) is 0 Å². The van der Waals surface area contributed by atoms with Gasteiger partial charge in [-0.15, -0.1) is 0 Å². The summed E-state index contributed by atoms with van der Waals surface area (Å²) in [7, 11) is 1.46. The van der Waals surface area contributed by atoms with Crippen molar-refractivity contribution in [2.75, 3.05) is 25.6 Å². The molecule has 0 unspecified atom stereocenters. The second-order valence-electron chi connectivity index (χ2n) is 6.18. The van der Waals surface area contributed by atoms with Crippen molar-refractivity contribution in [3.8, 4) is 5.75 Å². The topological polar surface area (TPSA) is 122 Å². The van der Waals surface area contributed by atoms with Gasteiger partial charge in [-0.1, -0.05) is 29.8 Å². The molecule has 0 aliphatic carbocycles. The molecule has 10 heteroatoms. The summed E-state index contributed by atoms with van der Waals surface area (Å²) < 4.78 is 10.1. The number of carbonyl (C=O) groups excluding carboxylic acids is 3. The molecule has 0 aliphatic rings. The fourth-order valence-corrected chi connectivity index (χ4v) is 2.85. The number of aromatic amines is 1. The van der Waals surface area contributed by atoms with Crippen molar-refractivity contribution >= 4 is 46.0 Å². The van der Waals surface area contributed by atoms with Crippen molar-refractivity contribution < 1.29 is 23.9 Å². The van der Waals surface area contributed by atoms with E-state index in [4.69, 9.17) is 21.1 Å². The van der Waals surface area contributed by atoms with Crippen molar-refractivity contribution in [2.45, 2.75) is 6.42 Å². The lowest BCUT2D eigenvalue weighted by Gasteiger charge is -2.11. The van der Waals surface area contributed by atoms with Crippen LogP contribution in [0.2, 0.25) is 5.02 Å². The lowest BCUT2D eigenvalue weighted by Crippen LogP contribution is -2.28. The minimum Gasteiger partial charge on any atom is -0.495 e. The van der Waals surface area contributed by atoms with Crippen molar-refractivity contribution in [3.05, 3.63) is 53.2 Å². The van der Waals surface area contributed by atoms with Crippen LogP contribution in [0.4, 0.5) is 5.69 Å². The van der Waals surface area contributed by atoms with Gasteiger partial charge in [0.15, 0.2) is 12.3 Å². The highest BCUT2D eigenvalue weighted by molar-refractivity contribution is 6.31. The molecule has 156 valence electrons. The summed E-state index contributed by atoms with van der Waals surface area (Å²) in [5.41, 5.74) is 1.35. The van der Waals surface area contributed by atoms with E-state index < -0.39 is 24.4 Å². The number of para-hydroxylation sites is 1. The van der Waals surface area contributed by atoms with E-state index >= 15 is 0 Å². The first-order valence-electron chi connectivity index (χ1n) is 8.98. The van der Waals surface area contributed by atoms with E-state index in [0.717, 1.165) is 5.52 Å². The molecule has 0 saturated heterocycles. The Hall–Kier alpha value is -3.59. The van der Waals surface area contributed by atoms with Gasteiger partial charge in [-0.25, -0.2) is 0 Å². The van der Waals surface area contributed by atoms with Gasteiger partial charge in [-0.3, -0.25) is 19.5 Å². The minimum absolute atomic E-state index is 0.0442. The predicted octanol–water partition coefficient (Wildman–Crippen LogP) is 2.53. The Morgan fingerprint density at radius 1 is 1.17 bits per heavy atom. The highest BCUT2D eigenvalue weighted by Crippen LogP contribution is 2.27. The summed E-state index contributed by atoms with van der Waals surface area (Å²) in [4.78, 5) is 36.1. The van der Waals surface area contributed by atoms with E-state index in [0.29, 0.717) is 21.8 Å². The number of halogens is 1. The summed E-state index contributed by atoms with van der Waals surface area (Å²) in [6, 6.07) is 12.0. The van der Waals surface area contributed by atoms with Crippen molar-refractivity contribution in [1.29, 1.82) is 0 Å². The average Bonchev–Trinajstić information content (AvgIpc) is 3.17. The molecular weight excluding hydrogens is 412 g/mol. The number of ether oxygens (including phenoxy) is 2. The first-order valence-corrected chi connectivity index (χ1v) is 9.36. The van der Waals surface area contributed by atoms with Gasteiger partial charge in [0, 0.05) is 17.0 Å². The number of carbonyl (C=O) groups is 3. The maximum absolute atomic E-state index is 12.2. The monoisotopic (exact) mass is 430 g/mol. The van der Waals surface area contributed by atoms with Crippen LogP contribution < -0.4 is 15.4 Å². The second kappa shape index (κ2) is 9.75. The van der Waals surface area contributed by atoms with Crippen LogP contribution in [0.25, 0.3) is 10.9 Å². The fraction of sp³-hybridized carbons (Fsp3) is 0.200. The molecule has 1 aromatic heterocycles. The van der Waals surface area contributed by atoms with E-state index in [2.05, 4.69) is 20.8 Å². The quantitative estimate of drug-likeness (QED) is 0.472. The molecule has 0 atom stereocenters. The number of amides is 2. The number of nitrogens with one attached hydrogen (secondary N) is 3. The van der Waals surface area contributed by atoms with Crippen LogP contribution in [0.1, 0.15) is 16.9 Å². The van der Waals surface area contributed by atoms with Crippen LogP contribution in [0.15, 0.2) is 42.5 Å². The van der Waals surface area contributed by atoms with Crippen LogP contribution in [-0.2, 0) is 14.3 Å². The largest absolute Gasteiger partial charge is 0.495 e. The number of anilines is 1. The highest BCUT2D eigenvalue weighted by Gasteiger charge is 2.15. The number of rotatable bonds is 8. The fourth-order valence-electron chi connectivity index (χ4n) is 2.68. The van der Waals surface area contributed by atoms with Gasteiger partial charge < -0.3 is 20.1 Å². The third-order valence-corrected chi connectivity index (χ3v) is 4.34. The molecular formula is C20H19ClN4O5. The van der Waals surface area contributed by atoms with Crippen LogP contribution in [0.5, 0.6) is 5.75 Å². The van der Waals surface area contributed by atoms with Crippen molar-refractivity contribution in [1.82, 2.24) is 15.5 Å². The van der Waals surface area contributed by atoms with Gasteiger partial charge in [0.1, 0.15) is 5.75 Å². The van der Waals surface area contributed by atoms with E-state index in [1.54, 1.807) is 30.3 Å². The molecule has 0 spiro atoms. The molecule has 0 aliphatic heterocycles. The molecule has 9 nitrogen and oxygen atoms in total. The minimum atomic E-state index is -0.629. The maximum atomic E-state index is 12.2. The van der Waals surface area contributed by atoms with Gasteiger partial charge >= 0.3 is 5.97 Å². The summed E-state index contributed by atoms with van der Waals surface area (Å²) in [6.07, 6.45) is -0.0954. The Balaban J connectivity index is 1.42. The van der Waals surface area contributed by atoms with Gasteiger partial charge in [-0.05, 0) is 24.3 Å². The standard InChI is InChI=1S/C20H19ClN4O5/c1-29-16-7-6-12(21)10-15(16)23-17(26)11-30-18(27)8-9-22-20(28)19-13-4-2-3-5-14(13)24-25-19/h2-7,10H,8-9,11H2,1H3,(H,22,28)(H,23,26)(H,24,25). The number of esters is 1. The smallest absolute Gasteiger partial charge is 0.308 e. The molecule has 3 aromatic rings. The van der Waals surface area contributed by atoms with E-state index in [1.807, 2.05) is 6.07 Å². The number of nitrogens with zero attached hydrogens (tertiary/aromatic N) is 1. The number of hydrogen-bond acceptors (Lipinski definition) is 6. The molecule has 2 amide bonds. The normalized spacial score (nSPS) is 10.5.